The Bertz CT molecular complexity index is 597. The summed E-state index contributed by atoms with van der Waals surface area (Å²) in [6, 6.07) is 7.98. The Morgan fingerprint density at radius 2 is 1.92 bits per heavy atom. The van der Waals surface area contributed by atoms with Gasteiger partial charge in [0.05, 0.1) is 32.7 Å². The molecule has 0 aliphatic rings. The van der Waals surface area contributed by atoms with E-state index < -0.39 is 10.1 Å². The van der Waals surface area contributed by atoms with Gasteiger partial charge in [0.1, 0.15) is 18.5 Å². The molecule has 0 heterocycles. The summed E-state index contributed by atoms with van der Waals surface area (Å²) in [6.07, 6.45) is 4.65. The molecule has 0 aliphatic carbocycles. The molecule has 148 valence electrons. The second-order valence-electron chi connectivity index (χ2n) is 5.81. The van der Waals surface area contributed by atoms with Crippen LogP contribution in [-0.4, -0.2) is 53.8 Å². The first-order chi connectivity index (χ1) is 12.5. The Balaban J connectivity index is 2.49. The molecule has 0 spiro atoms. The Kier molecular flexibility index (Phi) is 11.2. The molecule has 0 radical (unpaired) electrons. The average Bonchev–Trinajstić information content (AvgIpc) is 2.65. The fourth-order valence-corrected chi connectivity index (χ4v) is 2.62. The summed E-state index contributed by atoms with van der Waals surface area (Å²) >= 11 is 0. The zero-order valence-corrected chi connectivity index (χ0v) is 16.5. The van der Waals surface area contributed by atoms with Crippen LogP contribution in [0.1, 0.15) is 25.3 Å². The minimum atomic E-state index is -3.54. The summed E-state index contributed by atoms with van der Waals surface area (Å²) < 4.78 is 43.8. The summed E-state index contributed by atoms with van der Waals surface area (Å²) in [5.41, 5.74) is 1.28. The van der Waals surface area contributed by atoms with Gasteiger partial charge < -0.3 is 14.2 Å². The van der Waals surface area contributed by atoms with Crippen LogP contribution in [0.3, 0.4) is 0 Å². The maximum absolute atomic E-state index is 11.3. The van der Waals surface area contributed by atoms with Crippen LogP contribution in [0.4, 0.5) is 0 Å². The number of hydrogen-bond acceptors (Lipinski definition) is 6. The van der Waals surface area contributed by atoms with E-state index in [1.54, 1.807) is 6.08 Å². The molecule has 0 fully saturated rings. The van der Waals surface area contributed by atoms with Crippen molar-refractivity contribution in [3.8, 4) is 5.75 Å². The van der Waals surface area contributed by atoms with E-state index in [0.29, 0.717) is 6.61 Å². The smallest absolute Gasteiger partial charge is 0.269 e. The van der Waals surface area contributed by atoms with E-state index in [1.165, 1.54) is 18.4 Å². The second kappa shape index (κ2) is 12.9. The lowest BCUT2D eigenvalue weighted by molar-refractivity contribution is -0.0267. The van der Waals surface area contributed by atoms with Gasteiger partial charge in [-0.2, -0.15) is 8.42 Å². The van der Waals surface area contributed by atoms with Gasteiger partial charge in [0, 0.05) is 0 Å². The molecule has 6 nitrogen and oxygen atoms in total. The molecule has 1 aromatic carbocycles. The SMILES string of the molecule is C=CCOCC(COc1ccc(CCCC)cc1)OCCS(=O)(=O)OC. The molecule has 0 N–H and O–H groups in total. The van der Waals surface area contributed by atoms with Crippen molar-refractivity contribution in [1.29, 1.82) is 0 Å². The first-order valence-corrected chi connectivity index (χ1v) is 10.4. The van der Waals surface area contributed by atoms with Gasteiger partial charge in [0.2, 0.25) is 0 Å². The standard InChI is InChI=1S/C19H30O6S/c1-4-6-7-17-8-10-18(11-9-17)25-16-19(15-23-12-5-2)24-13-14-26(20,21)22-3/h5,8-11,19H,2,4,6-7,12-16H2,1,3H3. The van der Waals surface area contributed by atoms with Crippen molar-refractivity contribution in [2.75, 3.05) is 39.3 Å². The Morgan fingerprint density at radius 3 is 2.54 bits per heavy atom. The van der Waals surface area contributed by atoms with Crippen LogP contribution in [0, 0.1) is 0 Å². The van der Waals surface area contributed by atoms with Gasteiger partial charge >= 0.3 is 0 Å². The summed E-state index contributed by atoms with van der Waals surface area (Å²) in [5, 5.41) is 0. The van der Waals surface area contributed by atoms with Crippen LogP contribution in [-0.2, 0) is 30.2 Å². The molecular weight excluding hydrogens is 356 g/mol. The van der Waals surface area contributed by atoms with Gasteiger partial charge in [-0.25, -0.2) is 0 Å². The largest absolute Gasteiger partial charge is 0.491 e. The van der Waals surface area contributed by atoms with Gasteiger partial charge in [-0.1, -0.05) is 31.6 Å². The molecule has 1 aromatic rings. The number of ether oxygens (including phenoxy) is 3. The van der Waals surface area contributed by atoms with Gasteiger partial charge in [-0.05, 0) is 30.5 Å². The molecule has 0 saturated heterocycles. The van der Waals surface area contributed by atoms with Crippen molar-refractivity contribution < 1.29 is 26.8 Å². The Labute approximate surface area is 157 Å². The van der Waals surface area contributed by atoms with E-state index in [1.807, 2.05) is 12.1 Å². The zero-order valence-electron chi connectivity index (χ0n) is 15.7. The fraction of sp³-hybridized carbons (Fsp3) is 0.579. The predicted molar refractivity (Wildman–Crippen MR) is 102 cm³/mol. The molecule has 26 heavy (non-hydrogen) atoms. The summed E-state index contributed by atoms with van der Waals surface area (Å²) in [6.45, 7) is 6.71. The van der Waals surface area contributed by atoms with Crippen LogP contribution >= 0.6 is 0 Å². The molecular formula is C19H30O6S. The van der Waals surface area contributed by atoms with Crippen molar-refractivity contribution in [2.45, 2.75) is 32.3 Å². The van der Waals surface area contributed by atoms with E-state index in [4.69, 9.17) is 14.2 Å². The second-order valence-corrected chi connectivity index (χ2v) is 7.66. The lowest BCUT2D eigenvalue weighted by Gasteiger charge is -2.18. The summed E-state index contributed by atoms with van der Waals surface area (Å²) in [5.74, 6) is 0.528. The number of aryl methyl sites for hydroxylation is 1. The highest BCUT2D eigenvalue weighted by Crippen LogP contribution is 2.14. The van der Waals surface area contributed by atoms with Gasteiger partial charge in [-0.15, -0.1) is 6.58 Å². The molecule has 0 saturated carbocycles. The topological polar surface area (TPSA) is 71.1 Å². The van der Waals surface area contributed by atoms with Crippen LogP contribution in [0.5, 0.6) is 5.75 Å². The Morgan fingerprint density at radius 1 is 1.19 bits per heavy atom. The first kappa shape index (κ1) is 22.6. The van der Waals surface area contributed by atoms with E-state index in [0.717, 1.165) is 19.3 Å². The number of benzene rings is 1. The normalized spacial score (nSPS) is 12.7. The summed E-state index contributed by atoms with van der Waals surface area (Å²) in [4.78, 5) is 0. The third-order valence-electron chi connectivity index (χ3n) is 3.66. The van der Waals surface area contributed by atoms with E-state index in [9.17, 15) is 8.42 Å². The monoisotopic (exact) mass is 386 g/mol. The molecule has 0 aromatic heterocycles. The third-order valence-corrected chi connectivity index (χ3v) is 4.83. The van der Waals surface area contributed by atoms with E-state index >= 15 is 0 Å². The molecule has 7 heteroatoms. The highest BCUT2D eigenvalue weighted by atomic mass is 32.2. The molecule has 1 unspecified atom stereocenters. The van der Waals surface area contributed by atoms with Gasteiger partial charge in [0.15, 0.2) is 0 Å². The molecule has 1 rings (SSSR count). The van der Waals surface area contributed by atoms with Crippen molar-refractivity contribution in [3.05, 3.63) is 42.5 Å². The zero-order chi connectivity index (χ0) is 19.3. The maximum Gasteiger partial charge on any atom is 0.269 e. The predicted octanol–water partition coefficient (Wildman–Crippen LogP) is 2.97. The average molecular weight is 387 g/mol. The van der Waals surface area contributed by atoms with E-state index in [2.05, 4.69) is 29.8 Å². The van der Waals surface area contributed by atoms with Crippen LogP contribution in [0.25, 0.3) is 0 Å². The van der Waals surface area contributed by atoms with Crippen molar-refractivity contribution in [3.63, 3.8) is 0 Å². The number of unbranched alkanes of at least 4 members (excludes halogenated alkanes) is 1. The van der Waals surface area contributed by atoms with Gasteiger partial charge in [0.25, 0.3) is 10.1 Å². The Hall–Kier alpha value is -1.41. The quantitative estimate of drug-likeness (QED) is 0.262. The van der Waals surface area contributed by atoms with Gasteiger partial charge in [-0.3, -0.25) is 4.18 Å². The van der Waals surface area contributed by atoms with Crippen molar-refractivity contribution >= 4 is 10.1 Å². The lowest BCUT2D eigenvalue weighted by Crippen LogP contribution is -2.29. The minimum Gasteiger partial charge on any atom is -0.491 e. The molecule has 0 aliphatic heterocycles. The van der Waals surface area contributed by atoms with Crippen molar-refractivity contribution in [2.24, 2.45) is 0 Å². The number of hydrogen-bond donors (Lipinski definition) is 0. The highest BCUT2D eigenvalue weighted by molar-refractivity contribution is 7.86. The van der Waals surface area contributed by atoms with Crippen LogP contribution < -0.4 is 4.74 Å². The fourth-order valence-electron chi connectivity index (χ4n) is 2.15. The third kappa shape index (κ3) is 9.91. The van der Waals surface area contributed by atoms with Crippen molar-refractivity contribution in [1.82, 2.24) is 0 Å². The molecule has 0 bridgehead atoms. The first-order valence-electron chi connectivity index (χ1n) is 8.81. The maximum atomic E-state index is 11.3. The number of rotatable bonds is 15. The minimum absolute atomic E-state index is 0.0115. The van der Waals surface area contributed by atoms with Crippen LogP contribution in [0.15, 0.2) is 36.9 Å². The molecule has 0 amide bonds. The highest BCUT2D eigenvalue weighted by Gasteiger charge is 2.14. The lowest BCUT2D eigenvalue weighted by atomic mass is 10.1. The molecule has 1 atom stereocenters. The summed E-state index contributed by atoms with van der Waals surface area (Å²) in [7, 11) is -2.41. The van der Waals surface area contributed by atoms with Crippen LogP contribution in [0.2, 0.25) is 0 Å². The van der Waals surface area contributed by atoms with E-state index in [-0.39, 0.29) is 31.7 Å².